The molecule has 0 unspecified atom stereocenters. The molecule has 0 aliphatic heterocycles. The van der Waals surface area contributed by atoms with Crippen molar-refractivity contribution in [3.8, 4) is 17.6 Å². The summed E-state index contributed by atoms with van der Waals surface area (Å²) in [5, 5.41) is 13.1. The van der Waals surface area contributed by atoms with E-state index in [0.717, 1.165) is 42.5 Å². The largest absolute Gasteiger partial charge is 0.491 e. The van der Waals surface area contributed by atoms with Gasteiger partial charge in [0.05, 0.1) is 24.3 Å². The Bertz CT molecular complexity index is 1100. The zero-order valence-corrected chi connectivity index (χ0v) is 20.1. The summed E-state index contributed by atoms with van der Waals surface area (Å²) < 4.78 is 15.8. The molecular formula is C24H25ClN2O5S. The third-order valence-corrected chi connectivity index (χ3v) is 6.57. The summed E-state index contributed by atoms with van der Waals surface area (Å²) >= 11 is 7.64. The van der Waals surface area contributed by atoms with Crippen LogP contribution in [0.1, 0.15) is 47.8 Å². The Labute approximate surface area is 201 Å². The summed E-state index contributed by atoms with van der Waals surface area (Å²) in [6, 6.07) is 5.53. The molecule has 0 spiro atoms. The van der Waals surface area contributed by atoms with Crippen LogP contribution in [0.4, 0.5) is 5.00 Å². The number of rotatable bonds is 8. The second-order valence-electron chi connectivity index (χ2n) is 7.34. The lowest BCUT2D eigenvalue weighted by Crippen LogP contribution is -2.20. The van der Waals surface area contributed by atoms with Crippen molar-refractivity contribution in [1.82, 2.24) is 0 Å². The van der Waals surface area contributed by atoms with Crippen LogP contribution in [0.5, 0.6) is 11.5 Å². The molecule has 1 aromatic heterocycles. The summed E-state index contributed by atoms with van der Waals surface area (Å²) in [7, 11) is 1.49. The first-order chi connectivity index (χ1) is 16.0. The first-order valence-electron chi connectivity index (χ1n) is 10.7. The van der Waals surface area contributed by atoms with Gasteiger partial charge in [0.2, 0.25) is 0 Å². The molecule has 1 N–H and O–H groups in total. The number of esters is 1. The second-order valence-corrected chi connectivity index (χ2v) is 8.85. The molecule has 1 amide bonds. The average Bonchev–Trinajstić information content (AvgIpc) is 2.95. The average molecular weight is 489 g/mol. The highest BCUT2D eigenvalue weighted by molar-refractivity contribution is 7.16. The van der Waals surface area contributed by atoms with Crippen molar-refractivity contribution >= 4 is 45.9 Å². The zero-order valence-electron chi connectivity index (χ0n) is 18.5. The molecule has 0 radical (unpaired) electrons. The van der Waals surface area contributed by atoms with Crippen LogP contribution >= 0.6 is 22.9 Å². The van der Waals surface area contributed by atoms with Crippen LogP contribution in [-0.2, 0) is 27.2 Å². The van der Waals surface area contributed by atoms with Crippen molar-refractivity contribution in [1.29, 1.82) is 5.26 Å². The Morgan fingerprint density at radius 3 is 2.79 bits per heavy atom. The fraction of sp³-hybridized carbons (Fsp3) is 0.375. The van der Waals surface area contributed by atoms with E-state index in [-0.39, 0.29) is 0 Å². The van der Waals surface area contributed by atoms with Crippen molar-refractivity contribution in [3.63, 3.8) is 0 Å². The standard InChI is InChI=1S/C24H25ClN2O5S/c1-3-31-19-12-15(11-18(25)23(19)30-2)9-10-22(29)32-14-21(28)27-24-17(13-26)16-7-5-4-6-8-20(16)33-24/h9-12H,3-8,14H2,1-2H3,(H,27,28)/b10-9+. The number of nitrogens with zero attached hydrogens (tertiary/aromatic N) is 1. The Hall–Kier alpha value is -3.02. The Balaban J connectivity index is 1.59. The van der Waals surface area contributed by atoms with Gasteiger partial charge in [-0.15, -0.1) is 11.3 Å². The molecule has 1 aliphatic carbocycles. The van der Waals surface area contributed by atoms with E-state index in [9.17, 15) is 14.9 Å². The number of methoxy groups -OCH3 is 1. The van der Waals surface area contributed by atoms with Gasteiger partial charge in [-0.2, -0.15) is 5.26 Å². The quantitative estimate of drug-likeness (QED) is 0.313. The molecule has 0 saturated heterocycles. The van der Waals surface area contributed by atoms with Crippen molar-refractivity contribution in [2.24, 2.45) is 0 Å². The number of halogens is 1. The number of ether oxygens (including phenoxy) is 3. The number of aryl methyl sites for hydroxylation is 1. The van der Waals surface area contributed by atoms with E-state index in [1.807, 2.05) is 6.92 Å². The van der Waals surface area contributed by atoms with Gasteiger partial charge >= 0.3 is 5.97 Å². The zero-order chi connectivity index (χ0) is 23.8. The number of carbonyl (C=O) groups is 2. The van der Waals surface area contributed by atoms with Gasteiger partial charge in [-0.1, -0.05) is 18.0 Å². The lowest BCUT2D eigenvalue weighted by Gasteiger charge is -2.11. The minimum absolute atomic E-state index is 0.346. The SMILES string of the molecule is CCOc1cc(/C=C/C(=O)OCC(=O)Nc2sc3c(c2C#N)CCCCC3)cc(Cl)c1OC. The van der Waals surface area contributed by atoms with E-state index in [0.29, 0.717) is 39.3 Å². The number of anilines is 1. The van der Waals surface area contributed by atoms with Gasteiger partial charge in [0.15, 0.2) is 18.1 Å². The molecule has 1 aromatic carbocycles. The molecule has 1 aliphatic rings. The van der Waals surface area contributed by atoms with Gasteiger partial charge in [-0.25, -0.2) is 4.79 Å². The maximum absolute atomic E-state index is 12.3. The first kappa shape index (κ1) is 24.6. The predicted octanol–water partition coefficient (Wildman–Crippen LogP) is 5.14. The van der Waals surface area contributed by atoms with Crippen LogP contribution in [0.3, 0.4) is 0 Å². The number of fused-ring (bicyclic) bond motifs is 1. The highest BCUT2D eigenvalue weighted by Gasteiger charge is 2.21. The molecule has 7 nitrogen and oxygen atoms in total. The minimum atomic E-state index is -0.683. The van der Waals surface area contributed by atoms with Gasteiger partial charge in [0, 0.05) is 11.0 Å². The van der Waals surface area contributed by atoms with Crippen molar-refractivity contribution in [2.75, 3.05) is 25.6 Å². The number of nitrogens with one attached hydrogen (secondary N) is 1. The van der Waals surface area contributed by atoms with Crippen LogP contribution in [0.15, 0.2) is 18.2 Å². The molecule has 0 bridgehead atoms. The van der Waals surface area contributed by atoms with Gasteiger partial charge in [0.25, 0.3) is 5.91 Å². The fourth-order valence-electron chi connectivity index (χ4n) is 3.61. The number of benzene rings is 1. The lowest BCUT2D eigenvalue weighted by molar-refractivity contribution is -0.142. The van der Waals surface area contributed by atoms with Crippen LogP contribution in [0.2, 0.25) is 5.02 Å². The molecule has 9 heteroatoms. The number of amides is 1. The fourth-order valence-corrected chi connectivity index (χ4v) is 5.16. The van der Waals surface area contributed by atoms with Gasteiger partial charge in [-0.3, -0.25) is 4.79 Å². The molecule has 0 saturated carbocycles. The summed E-state index contributed by atoms with van der Waals surface area (Å²) in [5.41, 5.74) is 2.18. The molecular weight excluding hydrogens is 464 g/mol. The van der Waals surface area contributed by atoms with E-state index in [2.05, 4.69) is 11.4 Å². The summed E-state index contributed by atoms with van der Waals surface area (Å²) in [6.07, 6.45) is 7.76. The Morgan fingerprint density at radius 2 is 2.06 bits per heavy atom. The number of hydrogen-bond acceptors (Lipinski definition) is 7. The van der Waals surface area contributed by atoms with Gasteiger partial charge in [0.1, 0.15) is 11.1 Å². The monoisotopic (exact) mass is 488 g/mol. The van der Waals surface area contributed by atoms with E-state index in [1.165, 1.54) is 30.6 Å². The first-order valence-corrected chi connectivity index (χ1v) is 11.9. The van der Waals surface area contributed by atoms with E-state index < -0.39 is 18.5 Å². The maximum Gasteiger partial charge on any atom is 0.331 e. The lowest BCUT2D eigenvalue weighted by atomic mass is 10.1. The van der Waals surface area contributed by atoms with Gasteiger partial charge < -0.3 is 19.5 Å². The van der Waals surface area contributed by atoms with Gasteiger partial charge in [-0.05, 0) is 61.9 Å². The van der Waals surface area contributed by atoms with Crippen LogP contribution in [-0.4, -0.2) is 32.2 Å². The van der Waals surface area contributed by atoms with Crippen LogP contribution in [0, 0.1) is 11.3 Å². The second kappa shape index (κ2) is 11.7. The highest BCUT2D eigenvalue weighted by Crippen LogP contribution is 2.37. The molecule has 3 rings (SSSR count). The topological polar surface area (TPSA) is 97.6 Å². The smallest absolute Gasteiger partial charge is 0.331 e. The van der Waals surface area contributed by atoms with Crippen molar-refractivity contribution in [2.45, 2.75) is 39.0 Å². The molecule has 2 aromatic rings. The van der Waals surface area contributed by atoms with Crippen LogP contribution < -0.4 is 14.8 Å². The van der Waals surface area contributed by atoms with Crippen molar-refractivity contribution in [3.05, 3.63) is 44.8 Å². The minimum Gasteiger partial charge on any atom is -0.491 e. The predicted molar refractivity (Wildman–Crippen MR) is 128 cm³/mol. The van der Waals surface area contributed by atoms with E-state index >= 15 is 0 Å². The Kier molecular flexibility index (Phi) is 8.75. The summed E-state index contributed by atoms with van der Waals surface area (Å²) in [6.45, 7) is 1.81. The Morgan fingerprint density at radius 1 is 1.27 bits per heavy atom. The number of thiophene rings is 1. The summed E-state index contributed by atoms with van der Waals surface area (Å²) in [4.78, 5) is 25.5. The molecule has 174 valence electrons. The third-order valence-electron chi connectivity index (χ3n) is 5.08. The van der Waals surface area contributed by atoms with Crippen LogP contribution in [0.25, 0.3) is 6.08 Å². The number of nitriles is 1. The summed E-state index contributed by atoms with van der Waals surface area (Å²) in [5.74, 6) is -0.298. The molecule has 33 heavy (non-hydrogen) atoms. The van der Waals surface area contributed by atoms with E-state index in [1.54, 1.807) is 12.1 Å². The molecule has 1 heterocycles. The van der Waals surface area contributed by atoms with E-state index in [4.69, 9.17) is 25.8 Å². The van der Waals surface area contributed by atoms with Crippen molar-refractivity contribution < 1.29 is 23.8 Å². The molecule has 0 fully saturated rings. The normalized spacial score (nSPS) is 13.0. The maximum atomic E-state index is 12.3. The third kappa shape index (κ3) is 6.28. The molecule has 0 atom stereocenters. The number of carbonyl (C=O) groups excluding carboxylic acids is 2. The highest BCUT2D eigenvalue weighted by atomic mass is 35.5. The number of hydrogen-bond donors (Lipinski definition) is 1.